The molecule has 0 spiro atoms. The Bertz CT molecular complexity index is 378. The number of halogens is 1. The van der Waals surface area contributed by atoms with E-state index < -0.39 is 0 Å². The maximum Gasteiger partial charge on any atom is 0.161 e. The van der Waals surface area contributed by atoms with E-state index in [1.54, 1.807) is 14.2 Å². The van der Waals surface area contributed by atoms with Gasteiger partial charge in [-0.2, -0.15) is 0 Å². The first-order valence-corrected chi connectivity index (χ1v) is 5.87. The molecule has 4 heteroatoms. The zero-order valence-electron chi connectivity index (χ0n) is 10.1. The molecule has 0 aromatic heterocycles. The lowest BCUT2D eigenvalue weighted by Gasteiger charge is -2.25. The fourth-order valence-electron chi connectivity index (χ4n) is 1.48. The highest BCUT2D eigenvalue weighted by molar-refractivity contribution is 9.10. The van der Waals surface area contributed by atoms with Gasteiger partial charge in [0, 0.05) is 16.4 Å². The van der Waals surface area contributed by atoms with E-state index in [1.165, 1.54) is 0 Å². The summed E-state index contributed by atoms with van der Waals surface area (Å²) in [5.41, 5.74) is 6.80. The fraction of sp³-hybridized carbons (Fsp3) is 0.500. The lowest BCUT2D eigenvalue weighted by molar-refractivity contribution is 0.353. The summed E-state index contributed by atoms with van der Waals surface area (Å²) in [6, 6.07) is 3.88. The van der Waals surface area contributed by atoms with Crippen molar-refractivity contribution in [3.63, 3.8) is 0 Å². The number of nitrogens with two attached hydrogens (primary N) is 1. The van der Waals surface area contributed by atoms with E-state index in [9.17, 15) is 0 Å². The molecule has 0 atom stereocenters. The van der Waals surface area contributed by atoms with E-state index in [0.717, 1.165) is 15.8 Å². The van der Waals surface area contributed by atoms with Crippen LogP contribution in [0.2, 0.25) is 0 Å². The number of hydrogen-bond donors (Lipinski definition) is 1. The Morgan fingerprint density at radius 2 is 1.69 bits per heavy atom. The van der Waals surface area contributed by atoms with Gasteiger partial charge in [0.15, 0.2) is 11.5 Å². The molecule has 2 N–H and O–H groups in total. The average molecular weight is 288 g/mol. The molecule has 0 fully saturated rings. The van der Waals surface area contributed by atoms with Crippen LogP contribution in [0.15, 0.2) is 16.6 Å². The van der Waals surface area contributed by atoms with Crippen LogP contribution in [0.25, 0.3) is 0 Å². The number of hydrogen-bond acceptors (Lipinski definition) is 3. The number of rotatable bonds is 4. The summed E-state index contributed by atoms with van der Waals surface area (Å²) in [5.74, 6) is 1.44. The topological polar surface area (TPSA) is 44.5 Å². The largest absolute Gasteiger partial charge is 0.493 e. The highest BCUT2D eigenvalue weighted by atomic mass is 79.9. The third-order valence-corrected chi connectivity index (χ3v) is 3.37. The van der Waals surface area contributed by atoms with E-state index in [-0.39, 0.29) is 5.41 Å². The molecule has 0 unspecified atom stereocenters. The van der Waals surface area contributed by atoms with Crippen LogP contribution in [-0.2, 0) is 5.41 Å². The van der Waals surface area contributed by atoms with Crippen LogP contribution in [0.4, 0.5) is 0 Å². The van der Waals surface area contributed by atoms with Crippen molar-refractivity contribution in [1.29, 1.82) is 0 Å². The highest BCUT2D eigenvalue weighted by Crippen LogP contribution is 2.38. The van der Waals surface area contributed by atoms with Gasteiger partial charge >= 0.3 is 0 Å². The second-order valence-corrected chi connectivity index (χ2v) is 5.13. The summed E-state index contributed by atoms with van der Waals surface area (Å²) in [4.78, 5) is 0. The second kappa shape index (κ2) is 5.06. The van der Waals surface area contributed by atoms with E-state index in [0.29, 0.717) is 12.3 Å². The Balaban J connectivity index is 3.32. The lowest BCUT2D eigenvalue weighted by Crippen LogP contribution is -2.28. The Kier molecular flexibility index (Phi) is 4.21. The molecule has 0 saturated carbocycles. The minimum absolute atomic E-state index is 0.0988. The summed E-state index contributed by atoms with van der Waals surface area (Å²) in [7, 11) is 3.25. The minimum Gasteiger partial charge on any atom is -0.493 e. The Hall–Kier alpha value is -0.740. The molecule has 0 heterocycles. The van der Waals surface area contributed by atoms with Crippen molar-refractivity contribution in [3.8, 4) is 11.5 Å². The van der Waals surface area contributed by atoms with Gasteiger partial charge in [-0.1, -0.05) is 29.8 Å². The summed E-state index contributed by atoms with van der Waals surface area (Å²) in [5, 5.41) is 0. The first-order chi connectivity index (χ1) is 7.46. The SMILES string of the molecule is COc1cc(Br)c(C(C)(C)CN)cc1OC. The molecule has 0 bridgehead atoms. The van der Waals surface area contributed by atoms with Crippen molar-refractivity contribution in [2.75, 3.05) is 20.8 Å². The van der Waals surface area contributed by atoms with E-state index >= 15 is 0 Å². The fourth-order valence-corrected chi connectivity index (χ4v) is 2.34. The predicted octanol–water partition coefficient (Wildman–Crippen LogP) is 2.70. The Morgan fingerprint density at radius 1 is 1.19 bits per heavy atom. The Labute approximate surface area is 105 Å². The standard InChI is InChI=1S/C12H18BrNO2/c1-12(2,7-14)8-5-10(15-3)11(16-4)6-9(8)13/h5-6H,7,14H2,1-4H3. The van der Waals surface area contributed by atoms with Gasteiger partial charge in [0.2, 0.25) is 0 Å². The third kappa shape index (κ3) is 2.50. The number of benzene rings is 1. The van der Waals surface area contributed by atoms with Crippen LogP contribution in [0, 0.1) is 0 Å². The molecule has 0 saturated heterocycles. The molecule has 0 aliphatic rings. The molecular weight excluding hydrogens is 270 g/mol. The van der Waals surface area contributed by atoms with Crippen molar-refractivity contribution in [3.05, 3.63) is 22.2 Å². The summed E-state index contributed by atoms with van der Waals surface area (Å²) >= 11 is 3.54. The van der Waals surface area contributed by atoms with Crippen LogP contribution in [0.1, 0.15) is 19.4 Å². The van der Waals surface area contributed by atoms with Gasteiger partial charge in [-0.25, -0.2) is 0 Å². The zero-order chi connectivity index (χ0) is 12.3. The molecule has 90 valence electrons. The zero-order valence-corrected chi connectivity index (χ0v) is 11.7. The van der Waals surface area contributed by atoms with Gasteiger partial charge < -0.3 is 15.2 Å². The molecule has 3 nitrogen and oxygen atoms in total. The summed E-state index contributed by atoms with van der Waals surface area (Å²) < 4.78 is 11.5. The van der Waals surface area contributed by atoms with Crippen LogP contribution in [-0.4, -0.2) is 20.8 Å². The van der Waals surface area contributed by atoms with Crippen molar-refractivity contribution < 1.29 is 9.47 Å². The molecule has 1 aromatic rings. The minimum atomic E-state index is -0.0988. The maximum absolute atomic E-state index is 5.78. The van der Waals surface area contributed by atoms with E-state index in [4.69, 9.17) is 15.2 Å². The monoisotopic (exact) mass is 287 g/mol. The molecular formula is C12H18BrNO2. The van der Waals surface area contributed by atoms with Crippen LogP contribution in [0.5, 0.6) is 11.5 Å². The Morgan fingerprint density at radius 3 is 2.12 bits per heavy atom. The van der Waals surface area contributed by atoms with Gasteiger partial charge in [0.25, 0.3) is 0 Å². The van der Waals surface area contributed by atoms with Gasteiger partial charge in [0.05, 0.1) is 14.2 Å². The van der Waals surface area contributed by atoms with Crippen LogP contribution in [0.3, 0.4) is 0 Å². The first-order valence-electron chi connectivity index (χ1n) is 5.08. The summed E-state index contributed by atoms with van der Waals surface area (Å²) in [6.07, 6.45) is 0. The molecule has 1 aromatic carbocycles. The van der Waals surface area contributed by atoms with Crippen molar-refractivity contribution >= 4 is 15.9 Å². The van der Waals surface area contributed by atoms with E-state index in [2.05, 4.69) is 29.8 Å². The van der Waals surface area contributed by atoms with E-state index in [1.807, 2.05) is 12.1 Å². The summed E-state index contributed by atoms with van der Waals surface area (Å²) in [6.45, 7) is 4.76. The van der Waals surface area contributed by atoms with Gasteiger partial charge in [-0.05, 0) is 17.7 Å². The molecule has 0 aliphatic carbocycles. The highest BCUT2D eigenvalue weighted by Gasteiger charge is 2.23. The smallest absolute Gasteiger partial charge is 0.161 e. The molecule has 16 heavy (non-hydrogen) atoms. The molecule has 0 aliphatic heterocycles. The predicted molar refractivity (Wildman–Crippen MR) is 69.3 cm³/mol. The normalized spacial score (nSPS) is 11.4. The molecule has 0 amide bonds. The average Bonchev–Trinajstić information content (AvgIpc) is 2.28. The van der Waals surface area contributed by atoms with Gasteiger partial charge in [-0.3, -0.25) is 0 Å². The van der Waals surface area contributed by atoms with Crippen molar-refractivity contribution in [1.82, 2.24) is 0 Å². The van der Waals surface area contributed by atoms with Crippen molar-refractivity contribution in [2.24, 2.45) is 5.73 Å². The molecule has 1 rings (SSSR count). The second-order valence-electron chi connectivity index (χ2n) is 4.28. The molecule has 0 radical (unpaired) electrons. The van der Waals surface area contributed by atoms with Crippen LogP contribution < -0.4 is 15.2 Å². The van der Waals surface area contributed by atoms with Crippen molar-refractivity contribution in [2.45, 2.75) is 19.3 Å². The van der Waals surface area contributed by atoms with Crippen LogP contribution >= 0.6 is 15.9 Å². The third-order valence-electron chi connectivity index (χ3n) is 2.71. The lowest BCUT2D eigenvalue weighted by atomic mass is 9.84. The maximum atomic E-state index is 5.78. The quantitative estimate of drug-likeness (QED) is 0.926. The first kappa shape index (κ1) is 13.3. The van der Waals surface area contributed by atoms with Gasteiger partial charge in [0.1, 0.15) is 0 Å². The number of ether oxygens (including phenoxy) is 2. The van der Waals surface area contributed by atoms with Gasteiger partial charge in [-0.15, -0.1) is 0 Å². The number of methoxy groups -OCH3 is 2.